The van der Waals surface area contributed by atoms with E-state index in [1.54, 1.807) is 13.8 Å². The molecule has 0 aliphatic heterocycles. The lowest BCUT2D eigenvalue weighted by Gasteiger charge is -2.14. The molecule has 1 saturated carbocycles. The van der Waals surface area contributed by atoms with Crippen molar-refractivity contribution in [3.05, 3.63) is 23.5 Å². The third-order valence-electron chi connectivity index (χ3n) is 4.97. The number of aromatic nitrogens is 1. The highest BCUT2D eigenvalue weighted by Crippen LogP contribution is 2.30. The zero-order valence-electron chi connectivity index (χ0n) is 20.8. The van der Waals surface area contributed by atoms with Crippen molar-refractivity contribution >= 4 is 17.2 Å². The molecule has 1 aromatic heterocycles. The largest absolute Gasteiger partial charge is 0.433 e. The monoisotopic (exact) mass is 458 g/mol. The summed E-state index contributed by atoms with van der Waals surface area (Å²) in [4.78, 5) is 18.6. The number of rotatable bonds is 6. The second-order valence-corrected chi connectivity index (χ2v) is 9.17. The molecule has 0 radical (unpaired) electrons. The van der Waals surface area contributed by atoms with Crippen LogP contribution in [-0.2, 0) is 11.0 Å². The van der Waals surface area contributed by atoms with Gasteiger partial charge in [0.05, 0.1) is 17.0 Å². The Morgan fingerprint density at radius 2 is 1.75 bits per heavy atom. The molecule has 1 aliphatic rings. The Balaban J connectivity index is 0.000000508. The van der Waals surface area contributed by atoms with E-state index in [0.717, 1.165) is 30.5 Å². The van der Waals surface area contributed by atoms with Gasteiger partial charge in [0.15, 0.2) is 0 Å². The van der Waals surface area contributed by atoms with Gasteiger partial charge >= 0.3 is 6.18 Å². The van der Waals surface area contributed by atoms with E-state index < -0.39 is 17.5 Å². The van der Waals surface area contributed by atoms with Crippen LogP contribution < -0.4 is 0 Å². The van der Waals surface area contributed by atoms with E-state index >= 15 is 0 Å². The van der Waals surface area contributed by atoms with Crippen LogP contribution in [0.3, 0.4) is 0 Å². The SMILES string of the molecule is CC1CCCC1.CCC(C)=Nc1ccc(C(F)(F)F)nc1C.CCCC(=O)CC(C)(C)O. The average molecular weight is 459 g/mol. The molecule has 1 N–H and O–H groups in total. The van der Waals surface area contributed by atoms with Crippen molar-refractivity contribution in [1.82, 2.24) is 4.98 Å². The number of halogens is 3. The van der Waals surface area contributed by atoms with Crippen molar-refractivity contribution in [2.75, 3.05) is 0 Å². The number of hydrogen-bond donors (Lipinski definition) is 1. The summed E-state index contributed by atoms with van der Waals surface area (Å²) in [5.41, 5.74) is -0.0514. The molecule has 32 heavy (non-hydrogen) atoms. The topological polar surface area (TPSA) is 62.5 Å². The molecule has 1 heterocycles. The number of aryl methyl sites for hydroxylation is 1. The van der Waals surface area contributed by atoms with Gasteiger partial charge in [-0.3, -0.25) is 9.79 Å². The molecule has 0 aromatic carbocycles. The number of Topliss-reactive ketones (excluding diaryl/α,β-unsaturated/α-hetero) is 1. The summed E-state index contributed by atoms with van der Waals surface area (Å²) in [5.74, 6) is 1.19. The first kappa shape index (κ1) is 30.2. The Hall–Kier alpha value is -1.76. The molecule has 2 rings (SSSR count). The fourth-order valence-corrected chi connectivity index (χ4v) is 3.09. The molecule has 1 aliphatic carbocycles. The van der Waals surface area contributed by atoms with Crippen LogP contribution in [0.5, 0.6) is 0 Å². The van der Waals surface area contributed by atoms with E-state index in [9.17, 15) is 23.1 Å². The molecule has 0 unspecified atom stereocenters. The van der Waals surface area contributed by atoms with Crippen LogP contribution in [0.15, 0.2) is 17.1 Å². The molecule has 184 valence electrons. The molecule has 7 heteroatoms. The number of hydrogen-bond acceptors (Lipinski definition) is 4. The molecule has 0 spiro atoms. The summed E-state index contributed by atoms with van der Waals surface area (Å²) in [6.07, 6.45) is 4.05. The van der Waals surface area contributed by atoms with Crippen LogP contribution in [0.2, 0.25) is 0 Å². The van der Waals surface area contributed by atoms with Crippen molar-refractivity contribution in [1.29, 1.82) is 0 Å². The minimum atomic E-state index is -4.40. The highest BCUT2D eigenvalue weighted by molar-refractivity contribution is 5.84. The molecule has 4 nitrogen and oxygen atoms in total. The predicted molar refractivity (Wildman–Crippen MR) is 125 cm³/mol. The molecule has 0 bridgehead atoms. The third-order valence-corrected chi connectivity index (χ3v) is 4.97. The van der Waals surface area contributed by atoms with E-state index in [0.29, 0.717) is 17.8 Å². The van der Waals surface area contributed by atoms with Gasteiger partial charge in [-0.05, 0) is 58.6 Å². The van der Waals surface area contributed by atoms with E-state index in [1.807, 2.05) is 20.8 Å². The maximum Gasteiger partial charge on any atom is 0.433 e. The Bertz CT molecular complexity index is 717. The molecule has 0 saturated heterocycles. The van der Waals surface area contributed by atoms with Gasteiger partial charge < -0.3 is 5.11 Å². The number of ketones is 1. The van der Waals surface area contributed by atoms with Gasteiger partial charge in [0.1, 0.15) is 11.5 Å². The Labute approximate surface area is 191 Å². The summed E-state index contributed by atoms with van der Waals surface area (Å²) in [6.45, 7) is 12.9. The Morgan fingerprint density at radius 1 is 1.19 bits per heavy atom. The van der Waals surface area contributed by atoms with Gasteiger partial charge in [0.25, 0.3) is 0 Å². The summed E-state index contributed by atoms with van der Waals surface area (Å²) < 4.78 is 37.0. The molecule has 1 aromatic rings. The van der Waals surface area contributed by atoms with Crippen LogP contribution in [0.4, 0.5) is 18.9 Å². The number of aliphatic hydroxyl groups is 1. The number of pyridine rings is 1. The molecular weight excluding hydrogens is 417 g/mol. The van der Waals surface area contributed by atoms with E-state index in [2.05, 4.69) is 16.9 Å². The number of carbonyl (C=O) groups is 1. The Kier molecular flexibility index (Phi) is 13.6. The fraction of sp³-hybridized carbons (Fsp3) is 0.720. The van der Waals surface area contributed by atoms with E-state index in [1.165, 1.54) is 38.7 Å². The zero-order chi connectivity index (χ0) is 24.9. The first-order valence-electron chi connectivity index (χ1n) is 11.5. The summed E-state index contributed by atoms with van der Waals surface area (Å²) >= 11 is 0. The van der Waals surface area contributed by atoms with Gasteiger partial charge in [0, 0.05) is 18.6 Å². The quantitative estimate of drug-likeness (QED) is 0.446. The third kappa shape index (κ3) is 14.3. The van der Waals surface area contributed by atoms with Crippen molar-refractivity contribution < 1.29 is 23.1 Å². The molecule has 0 atom stereocenters. The zero-order valence-corrected chi connectivity index (χ0v) is 20.8. The van der Waals surface area contributed by atoms with E-state index in [4.69, 9.17) is 0 Å². The minimum absolute atomic E-state index is 0.148. The first-order chi connectivity index (χ1) is 14.7. The summed E-state index contributed by atoms with van der Waals surface area (Å²) in [6, 6.07) is 2.30. The number of alkyl halides is 3. The lowest BCUT2D eigenvalue weighted by atomic mass is 10.00. The fourth-order valence-electron chi connectivity index (χ4n) is 3.09. The van der Waals surface area contributed by atoms with Crippen molar-refractivity contribution in [3.63, 3.8) is 0 Å². The second-order valence-electron chi connectivity index (χ2n) is 9.17. The van der Waals surface area contributed by atoms with Crippen LogP contribution in [-0.4, -0.2) is 27.2 Å². The van der Waals surface area contributed by atoms with Gasteiger partial charge in [-0.25, -0.2) is 4.98 Å². The average Bonchev–Trinajstić information content (AvgIpc) is 3.13. The summed E-state index contributed by atoms with van der Waals surface area (Å²) in [5, 5.41) is 9.19. The van der Waals surface area contributed by atoms with Gasteiger partial charge in [0.2, 0.25) is 0 Å². The highest BCUT2D eigenvalue weighted by atomic mass is 19.4. The van der Waals surface area contributed by atoms with Crippen LogP contribution in [0.1, 0.15) is 104 Å². The van der Waals surface area contributed by atoms with Gasteiger partial charge in [-0.15, -0.1) is 0 Å². The van der Waals surface area contributed by atoms with Crippen molar-refractivity contribution in [2.45, 2.75) is 112 Å². The molecule has 0 amide bonds. The van der Waals surface area contributed by atoms with Gasteiger partial charge in [-0.1, -0.05) is 46.5 Å². The smallest absolute Gasteiger partial charge is 0.390 e. The van der Waals surface area contributed by atoms with Crippen molar-refractivity contribution in [3.8, 4) is 0 Å². The van der Waals surface area contributed by atoms with Crippen LogP contribution in [0.25, 0.3) is 0 Å². The second kappa shape index (κ2) is 14.4. The molecule has 1 fully saturated rings. The van der Waals surface area contributed by atoms with Crippen molar-refractivity contribution in [2.24, 2.45) is 10.9 Å². The predicted octanol–water partition coefficient (Wildman–Crippen LogP) is 7.62. The minimum Gasteiger partial charge on any atom is -0.390 e. The maximum atomic E-state index is 12.3. The van der Waals surface area contributed by atoms with Crippen LogP contribution >= 0.6 is 0 Å². The Morgan fingerprint density at radius 3 is 2.09 bits per heavy atom. The van der Waals surface area contributed by atoms with Gasteiger partial charge in [-0.2, -0.15) is 13.2 Å². The number of nitrogens with zero attached hydrogens (tertiary/aromatic N) is 2. The van der Waals surface area contributed by atoms with E-state index in [-0.39, 0.29) is 12.2 Å². The lowest BCUT2D eigenvalue weighted by molar-refractivity contribution is -0.141. The standard InChI is InChI=1S/C11H13F3N2.C8H16O2.C6H12/c1-4-7(2)15-9-5-6-10(11(12,13)14)16-8(9)3;1-4-5-7(9)6-8(2,3)10;1-6-4-2-3-5-6/h5-6H,4H2,1-3H3;10H,4-6H2,1-3H3;6H,2-5H2,1H3. The first-order valence-corrected chi connectivity index (χ1v) is 11.5. The number of aliphatic imine (C=N–C) groups is 1. The molecular formula is C25H41F3N2O2. The summed E-state index contributed by atoms with van der Waals surface area (Å²) in [7, 11) is 0. The normalized spacial score (nSPS) is 14.9. The number of carbonyl (C=O) groups excluding carboxylic acids is 1. The maximum absolute atomic E-state index is 12.3. The highest BCUT2D eigenvalue weighted by Gasteiger charge is 2.32. The lowest BCUT2D eigenvalue weighted by Crippen LogP contribution is -2.22. The van der Waals surface area contributed by atoms with Crippen LogP contribution in [0, 0.1) is 12.8 Å².